The highest BCUT2D eigenvalue weighted by Crippen LogP contribution is 2.18. The van der Waals surface area contributed by atoms with Crippen molar-refractivity contribution in [1.82, 2.24) is 15.2 Å². The Morgan fingerprint density at radius 3 is 2.43 bits per heavy atom. The highest BCUT2D eigenvalue weighted by Gasteiger charge is 2.22. The minimum atomic E-state index is -0.470. The lowest BCUT2D eigenvalue weighted by molar-refractivity contribution is -0.384. The zero-order valence-corrected chi connectivity index (χ0v) is 20.1. The molecule has 1 aliphatic heterocycles. The number of nitro benzene ring substituents is 1. The number of benzene rings is 2. The van der Waals surface area contributed by atoms with Crippen molar-refractivity contribution in [2.75, 3.05) is 31.1 Å². The summed E-state index contributed by atoms with van der Waals surface area (Å²) in [4.78, 5) is 32.1. The first-order valence-corrected chi connectivity index (χ1v) is 12.0. The van der Waals surface area contributed by atoms with Crippen molar-refractivity contribution < 1.29 is 9.72 Å². The smallest absolute Gasteiger partial charge is 0.269 e. The summed E-state index contributed by atoms with van der Waals surface area (Å²) in [6.45, 7) is 4.26. The first-order chi connectivity index (χ1) is 17.0. The normalized spacial score (nSPS) is 14.4. The number of nitro groups is 1. The molecule has 1 fully saturated rings. The van der Waals surface area contributed by atoms with E-state index in [9.17, 15) is 14.9 Å². The molecule has 1 N–H and O–H groups in total. The third kappa shape index (κ3) is 7.00. The van der Waals surface area contributed by atoms with E-state index in [0.717, 1.165) is 56.4 Å². The van der Waals surface area contributed by atoms with Crippen LogP contribution in [0.4, 0.5) is 11.5 Å². The number of piperidine rings is 1. The second kappa shape index (κ2) is 11.8. The van der Waals surface area contributed by atoms with Crippen LogP contribution < -0.4 is 10.2 Å². The number of nitrogens with zero attached hydrogens (tertiary/aromatic N) is 4. The molecule has 0 saturated carbocycles. The SMILES string of the molecule is O=C(NC1CCN(CCN(Cc2ccc(Cl)cc2)c2ccccn2)CC1)c1ccc([N+](=O)[O-])cc1. The Kier molecular flexibility index (Phi) is 8.28. The predicted octanol–water partition coefficient (Wildman–Crippen LogP) is 4.54. The molecule has 9 heteroatoms. The van der Waals surface area contributed by atoms with E-state index in [1.807, 2.05) is 48.7 Å². The molecule has 3 aromatic rings. The largest absolute Gasteiger partial charge is 0.351 e. The number of non-ortho nitro benzene ring substituents is 1. The molecule has 2 aromatic carbocycles. The number of halogens is 1. The first-order valence-electron chi connectivity index (χ1n) is 11.7. The molecular weight excluding hydrogens is 466 g/mol. The third-order valence-corrected chi connectivity index (χ3v) is 6.46. The molecule has 8 nitrogen and oxygen atoms in total. The number of amides is 1. The molecule has 0 bridgehead atoms. The third-order valence-electron chi connectivity index (χ3n) is 6.21. The predicted molar refractivity (Wildman–Crippen MR) is 137 cm³/mol. The molecule has 1 aliphatic rings. The fourth-order valence-corrected chi connectivity index (χ4v) is 4.32. The number of nitrogens with one attached hydrogen (secondary N) is 1. The van der Waals surface area contributed by atoms with Gasteiger partial charge in [0.05, 0.1) is 4.92 Å². The standard InChI is InChI=1S/C26H28ClN5O3/c27-22-8-4-20(5-9-22)19-31(25-3-1-2-14-28-25)18-17-30-15-12-23(13-16-30)29-26(33)21-6-10-24(11-7-21)32(34)35/h1-11,14,23H,12-13,15-19H2,(H,29,33). The number of carbonyl (C=O) groups excluding carboxylic acids is 1. The number of carbonyl (C=O) groups is 1. The Balaban J connectivity index is 1.27. The van der Waals surface area contributed by atoms with E-state index in [2.05, 4.69) is 20.1 Å². The zero-order valence-electron chi connectivity index (χ0n) is 19.3. The lowest BCUT2D eigenvalue weighted by atomic mass is 10.0. The molecule has 2 heterocycles. The van der Waals surface area contributed by atoms with Crippen molar-refractivity contribution in [3.8, 4) is 0 Å². The van der Waals surface area contributed by atoms with Gasteiger partial charge in [-0.15, -0.1) is 0 Å². The summed E-state index contributed by atoms with van der Waals surface area (Å²) >= 11 is 6.04. The van der Waals surface area contributed by atoms with Crippen LogP contribution >= 0.6 is 11.6 Å². The van der Waals surface area contributed by atoms with Gasteiger partial charge in [0.1, 0.15) is 5.82 Å². The topological polar surface area (TPSA) is 91.6 Å². The Hall–Kier alpha value is -3.49. The molecule has 0 atom stereocenters. The molecule has 182 valence electrons. The maximum absolute atomic E-state index is 12.5. The van der Waals surface area contributed by atoms with Gasteiger partial charge < -0.3 is 15.1 Å². The van der Waals surface area contributed by atoms with E-state index in [1.54, 1.807) is 0 Å². The van der Waals surface area contributed by atoms with Crippen LogP contribution in [0.25, 0.3) is 0 Å². The fraction of sp³-hybridized carbons (Fsp3) is 0.308. The van der Waals surface area contributed by atoms with Crippen molar-refractivity contribution in [1.29, 1.82) is 0 Å². The number of hydrogen-bond acceptors (Lipinski definition) is 6. The minimum absolute atomic E-state index is 0.0225. The monoisotopic (exact) mass is 493 g/mol. The molecule has 35 heavy (non-hydrogen) atoms. The van der Waals surface area contributed by atoms with Crippen molar-refractivity contribution >= 4 is 29.0 Å². The van der Waals surface area contributed by atoms with E-state index < -0.39 is 4.92 Å². The fourth-order valence-electron chi connectivity index (χ4n) is 4.19. The summed E-state index contributed by atoms with van der Waals surface area (Å²) in [6, 6.07) is 19.6. The molecule has 1 amide bonds. The van der Waals surface area contributed by atoms with E-state index in [1.165, 1.54) is 29.8 Å². The minimum Gasteiger partial charge on any atom is -0.351 e. The van der Waals surface area contributed by atoms with Crippen LogP contribution in [0.2, 0.25) is 5.02 Å². The van der Waals surface area contributed by atoms with Gasteiger partial charge in [0.15, 0.2) is 0 Å². The van der Waals surface area contributed by atoms with Crippen LogP contribution in [0.5, 0.6) is 0 Å². The average Bonchev–Trinajstić information content (AvgIpc) is 2.89. The number of anilines is 1. The van der Waals surface area contributed by atoms with E-state index >= 15 is 0 Å². The highest BCUT2D eigenvalue weighted by atomic mass is 35.5. The van der Waals surface area contributed by atoms with Crippen LogP contribution in [0.1, 0.15) is 28.8 Å². The van der Waals surface area contributed by atoms with Gasteiger partial charge in [-0.2, -0.15) is 0 Å². The molecule has 4 rings (SSSR count). The van der Waals surface area contributed by atoms with Crippen molar-refractivity contribution in [2.45, 2.75) is 25.4 Å². The quantitative estimate of drug-likeness (QED) is 0.347. The second-order valence-corrected chi connectivity index (χ2v) is 9.07. The summed E-state index contributed by atoms with van der Waals surface area (Å²) in [6.07, 6.45) is 3.53. The number of rotatable bonds is 9. The Labute approximate surface area is 209 Å². The Morgan fingerprint density at radius 1 is 1.09 bits per heavy atom. The van der Waals surface area contributed by atoms with Gasteiger partial charge in [-0.05, 0) is 54.8 Å². The van der Waals surface area contributed by atoms with Crippen LogP contribution in [-0.4, -0.2) is 52.9 Å². The lowest BCUT2D eigenvalue weighted by Crippen LogP contribution is -2.46. The van der Waals surface area contributed by atoms with Crippen LogP contribution in [-0.2, 0) is 6.54 Å². The Bertz CT molecular complexity index is 1120. The molecule has 1 saturated heterocycles. The van der Waals surface area contributed by atoms with Crippen LogP contribution in [0, 0.1) is 10.1 Å². The summed E-state index contributed by atoms with van der Waals surface area (Å²) < 4.78 is 0. The summed E-state index contributed by atoms with van der Waals surface area (Å²) in [5.41, 5.74) is 1.59. The molecule has 0 aliphatic carbocycles. The Morgan fingerprint density at radius 2 is 1.80 bits per heavy atom. The molecular formula is C26H28ClN5O3. The lowest BCUT2D eigenvalue weighted by Gasteiger charge is -2.34. The summed E-state index contributed by atoms with van der Waals surface area (Å²) in [5, 5.41) is 14.6. The highest BCUT2D eigenvalue weighted by molar-refractivity contribution is 6.30. The maximum Gasteiger partial charge on any atom is 0.269 e. The van der Waals surface area contributed by atoms with Gasteiger partial charge in [0.2, 0.25) is 0 Å². The molecule has 0 radical (unpaired) electrons. The van der Waals surface area contributed by atoms with Gasteiger partial charge in [0.25, 0.3) is 11.6 Å². The second-order valence-electron chi connectivity index (χ2n) is 8.63. The van der Waals surface area contributed by atoms with Crippen molar-refractivity contribution in [3.63, 3.8) is 0 Å². The maximum atomic E-state index is 12.5. The summed E-state index contributed by atoms with van der Waals surface area (Å²) in [5.74, 6) is 0.746. The number of aromatic nitrogens is 1. The number of likely N-dealkylation sites (tertiary alicyclic amines) is 1. The van der Waals surface area contributed by atoms with Gasteiger partial charge in [-0.1, -0.05) is 29.8 Å². The van der Waals surface area contributed by atoms with Gasteiger partial charge in [0, 0.05) is 67.7 Å². The first kappa shape index (κ1) is 24.6. The van der Waals surface area contributed by atoms with Crippen molar-refractivity contribution in [3.05, 3.63) is 99.2 Å². The number of hydrogen-bond donors (Lipinski definition) is 1. The van der Waals surface area contributed by atoms with Crippen molar-refractivity contribution in [2.24, 2.45) is 0 Å². The van der Waals surface area contributed by atoms with E-state index in [0.29, 0.717) is 5.56 Å². The average molecular weight is 494 g/mol. The zero-order chi connectivity index (χ0) is 24.6. The molecule has 0 spiro atoms. The molecule has 0 unspecified atom stereocenters. The van der Waals surface area contributed by atoms with Gasteiger partial charge in [-0.3, -0.25) is 14.9 Å². The summed E-state index contributed by atoms with van der Waals surface area (Å²) in [7, 11) is 0. The van der Waals surface area contributed by atoms with E-state index in [4.69, 9.17) is 11.6 Å². The van der Waals surface area contributed by atoms with Gasteiger partial charge >= 0.3 is 0 Å². The van der Waals surface area contributed by atoms with Gasteiger partial charge in [-0.25, -0.2) is 4.98 Å². The van der Waals surface area contributed by atoms with E-state index in [-0.39, 0.29) is 17.6 Å². The van der Waals surface area contributed by atoms with Crippen LogP contribution in [0.3, 0.4) is 0 Å². The molecule has 1 aromatic heterocycles. The number of pyridine rings is 1. The van der Waals surface area contributed by atoms with Crippen LogP contribution in [0.15, 0.2) is 72.9 Å².